The molecule has 6 nitrogen and oxygen atoms in total. The first-order valence-electron chi connectivity index (χ1n) is 7.58. The molecule has 0 unspecified atom stereocenters. The fourth-order valence-corrected chi connectivity index (χ4v) is 2.57. The number of rotatable bonds is 1. The number of ether oxygens (including phenoxy) is 1. The standard InChI is InChI=1S/C16H22N4O2/c1-16(2,3)22-15(21)20-8-6-19(7-9-20)12-10-14-13(18-11-12)4-5-17-14/h4-5,10-11,17H,6-9H2,1-3H3. The number of H-pyrrole nitrogens is 1. The summed E-state index contributed by atoms with van der Waals surface area (Å²) in [5.74, 6) is 0. The van der Waals surface area contributed by atoms with Gasteiger partial charge in [-0.25, -0.2) is 4.79 Å². The zero-order valence-corrected chi connectivity index (χ0v) is 13.3. The Bertz CT molecular complexity index is 666. The van der Waals surface area contributed by atoms with E-state index in [4.69, 9.17) is 4.74 Å². The summed E-state index contributed by atoms with van der Waals surface area (Å²) in [5.41, 5.74) is 2.64. The molecule has 2 aromatic rings. The Labute approximate surface area is 130 Å². The average molecular weight is 302 g/mol. The fourth-order valence-electron chi connectivity index (χ4n) is 2.57. The van der Waals surface area contributed by atoms with Crippen LogP contribution in [0.3, 0.4) is 0 Å². The molecule has 1 N–H and O–H groups in total. The zero-order valence-electron chi connectivity index (χ0n) is 13.3. The Morgan fingerprint density at radius 3 is 2.68 bits per heavy atom. The lowest BCUT2D eigenvalue weighted by Crippen LogP contribution is -2.50. The number of hydrogen-bond donors (Lipinski definition) is 1. The largest absolute Gasteiger partial charge is 0.444 e. The maximum Gasteiger partial charge on any atom is 0.410 e. The van der Waals surface area contributed by atoms with Crippen molar-refractivity contribution in [2.75, 3.05) is 31.1 Å². The van der Waals surface area contributed by atoms with Crippen LogP contribution in [0.4, 0.5) is 10.5 Å². The predicted octanol–water partition coefficient (Wildman–Crippen LogP) is 2.62. The molecule has 1 aliphatic heterocycles. The minimum absolute atomic E-state index is 0.231. The summed E-state index contributed by atoms with van der Waals surface area (Å²) in [6, 6.07) is 4.06. The average Bonchev–Trinajstić information content (AvgIpc) is 2.93. The van der Waals surface area contributed by atoms with Crippen molar-refractivity contribution in [2.24, 2.45) is 0 Å². The Morgan fingerprint density at radius 2 is 2.00 bits per heavy atom. The van der Waals surface area contributed by atoms with E-state index in [-0.39, 0.29) is 6.09 Å². The van der Waals surface area contributed by atoms with Crippen LogP contribution in [-0.4, -0.2) is 52.7 Å². The topological polar surface area (TPSA) is 61.5 Å². The zero-order chi connectivity index (χ0) is 15.7. The van der Waals surface area contributed by atoms with Crippen LogP contribution >= 0.6 is 0 Å². The second-order valence-corrected chi connectivity index (χ2v) is 6.56. The molecule has 1 saturated heterocycles. The van der Waals surface area contributed by atoms with Gasteiger partial charge in [-0.2, -0.15) is 0 Å². The highest BCUT2D eigenvalue weighted by molar-refractivity contribution is 5.78. The summed E-state index contributed by atoms with van der Waals surface area (Å²) in [5, 5.41) is 0. The van der Waals surface area contributed by atoms with E-state index in [0.29, 0.717) is 13.1 Å². The predicted molar refractivity (Wildman–Crippen MR) is 86.1 cm³/mol. The number of pyridine rings is 1. The first-order chi connectivity index (χ1) is 10.4. The maximum absolute atomic E-state index is 12.1. The van der Waals surface area contributed by atoms with E-state index in [0.717, 1.165) is 29.8 Å². The van der Waals surface area contributed by atoms with Crippen molar-refractivity contribution in [3.63, 3.8) is 0 Å². The number of carbonyl (C=O) groups excluding carboxylic acids is 1. The number of hydrogen-bond acceptors (Lipinski definition) is 4. The number of nitrogens with one attached hydrogen (secondary N) is 1. The summed E-state index contributed by atoms with van der Waals surface area (Å²) in [7, 11) is 0. The van der Waals surface area contributed by atoms with Gasteiger partial charge >= 0.3 is 6.09 Å². The molecule has 0 spiro atoms. The highest BCUT2D eigenvalue weighted by atomic mass is 16.6. The Hall–Kier alpha value is -2.24. The van der Waals surface area contributed by atoms with Crippen LogP contribution in [0.25, 0.3) is 11.0 Å². The van der Waals surface area contributed by atoms with Crippen molar-refractivity contribution in [1.82, 2.24) is 14.9 Å². The van der Waals surface area contributed by atoms with E-state index in [9.17, 15) is 4.79 Å². The van der Waals surface area contributed by atoms with Gasteiger partial charge in [0.1, 0.15) is 5.60 Å². The van der Waals surface area contributed by atoms with Gasteiger partial charge in [0.05, 0.1) is 22.9 Å². The monoisotopic (exact) mass is 302 g/mol. The molecule has 0 radical (unpaired) electrons. The van der Waals surface area contributed by atoms with Gasteiger partial charge in [0.15, 0.2) is 0 Å². The minimum Gasteiger partial charge on any atom is -0.444 e. The van der Waals surface area contributed by atoms with Crippen LogP contribution in [0.15, 0.2) is 24.5 Å². The summed E-state index contributed by atoms with van der Waals surface area (Å²) < 4.78 is 5.42. The van der Waals surface area contributed by atoms with Crippen molar-refractivity contribution < 1.29 is 9.53 Å². The molecule has 0 bridgehead atoms. The molecule has 3 rings (SSSR count). The molecule has 6 heteroatoms. The van der Waals surface area contributed by atoms with Gasteiger partial charge in [-0.05, 0) is 32.9 Å². The number of nitrogens with zero attached hydrogens (tertiary/aromatic N) is 3. The Balaban J connectivity index is 1.62. The Morgan fingerprint density at radius 1 is 1.27 bits per heavy atom. The molecule has 1 aliphatic rings. The SMILES string of the molecule is CC(C)(C)OC(=O)N1CCN(c2cnc3cc[nH]c3c2)CC1. The molecule has 1 fully saturated rings. The lowest BCUT2D eigenvalue weighted by Gasteiger charge is -2.36. The third-order valence-electron chi connectivity index (χ3n) is 3.68. The van der Waals surface area contributed by atoms with Gasteiger partial charge in [-0.15, -0.1) is 0 Å². The van der Waals surface area contributed by atoms with E-state index < -0.39 is 5.60 Å². The van der Waals surface area contributed by atoms with Gasteiger partial charge in [0.25, 0.3) is 0 Å². The third-order valence-corrected chi connectivity index (χ3v) is 3.68. The second kappa shape index (κ2) is 5.51. The van der Waals surface area contributed by atoms with Crippen LogP contribution < -0.4 is 4.90 Å². The fraction of sp³-hybridized carbons (Fsp3) is 0.500. The smallest absolute Gasteiger partial charge is 0.410 e. The van der Waals surface area contributed by atoms with Gasteiger partial charge in [0, 0.05) is 32.4 Å². The molecular weight excluding hydrogens is 280 g/mol. The molecule has 0 atom stereocenters. The number of fused-ring (bicyclic) bond motifs is 1. The lowest BCUT2D eigenvalue weighted by atomic mass is 10.2. The molecule has 0 saturated carbocycles. The quantitative estimate of drug-likeness (QED) is 0.879. The summed E-state index contributed by atoms with van der Waals surface area (Å²) >= 11 is 0. The van der Waals surface area contributed by atoms with E-state index in [1.165, 1.54) is 0 Å². The molecule has 3 heterocycles. The number of piperazine rings is 1. The first kappa shape index (κ1) is 14.7. The lowest BCUT2D eigenvalue weighted by molar-refractivity contribution is 0.0240. The van der Waals surface area contributed by atoms with Gasteiger partial charge in [0.2, 0.25) is 0 Å². The van der Waals surface area contributed by atoms with E-state index >= 15 is 0 Å². The highest BCUT2D eigenvalue weighted by Crippen LogP contribution is 2.20. The van der Waals surface area contributed by atoms with Crippen LogP contribution in [-0.2, 0) is 4.74 Å². The minimum atomic E-state index is -0.448. The number of aromatic nitrogens is 2. The second-order valence-electron chi connectivity index (χ2n) is 6.56. The third kappa shape index (κ3) is 3.16. The number of anilines is 1. The Kier molecular flexibility index (Phi) is 3.68. The molecule has 118 valence electrons. The molecule has 0 aromatic carbocycles. The van der Waals surface area contributed by atoms with Gasteiger partial charge in [-0.3, -0.25) is 4.98 Å². The van der Waals surface area contributed by atoms with Crippen LogP contribution in [0.1, 0.15) is 20.8 Å². The highest BCUT2D eigenvalue weighted by Gasteiger charge is 2.26. The summed E-state index contributed by atoms with van der Waals surface area (Å²) in [6.07, 6.45) is 3.55. The molecule has 2 aromatic heterocycles. The van der Waals surface area contributed by atoms with Crippen molar-refractivity contribution >= 4 is 22.8 Å². The normalized spacial score (nSPS) is 16.1. The van der Waals surface area contributed by atoms with Crippen LogP contribution in [0.2, 0.25) is 0 Å². The van der Waals surface area contributed by atoms with Crippen LogP contribution in [0.5, 0.6) is 0 Å². The molecular formula is C16H22N4O2. The first-order valence-corrected chi connectivity index (χ1v) is 7.58. The van der Waals surface area contributed by atoms with Crippen molar-refractivity contribution in [1.29, 1.82) is 0 Å². The van der Waals surface area contributed by atoms with Crippen LogP contribution in [0, 0.1) is 0 Å². The number of amides is 1. The maximum atomic E-state index is 12.1. The summed E-state index contributed by atoms with van der Waals surface area (Å²) in [6.45, 7) is 8.56. The van der Waals surface area contributed by atoms with E-state index in [2.05, 4.69) is 20.9 Å². The van der Waals surface area contributed by atoms with Gasteiger partial charge in [-0.1, -0.05) is 0 Å². The van der Waals surface area contributed by atoms with E-state index in [1.54, 1.807) is 4.90 Å². The van der Waals surface area contributed by atoms with E-state index in [1.807, 2.05) is 39.2 Å². The number of aromatic amines is 1. The molecule has 22 heavy (non-hydrogen) atoms. The van der Waals surface area contributed by atoms with Crippen molar-refractivity contribution in [3.05, 3.63) is 24.5 Å². The van der Waals surface area contributed by atoms with Gasteiger partial charge < -0.3 is 19.5 Å². The molecule has 1 amide bonds. The molecule has 0 aliphatic carbocycles. The summed E-state index contributed by atoms with van der Waals surface area (Å²) in [4.78, 5) is 23.7. The number of carbonyl (C=O) groups is 1. The van der Waals surface area contributed by atoms with Crippen molar-refractivity contribution in [2.45, 2.75) is 26.4 Å². The van der Waals surface area contributed by atoms with Crippen molar-refractivity contribution in [3.8, 4) is 0 Å².